The minimum Gasteiger partial charge on any atom is -0.490 e. The van der Waals surface area contributed by atoms with Gasteiger partial charge in [0.25, 0.3) is 10.0 Å². The molecule has 0 saturated heterocycles. The second-order valence-electron chi connectivity index (χ2n) is 5.25. The highest BCUT2D eigenvalue weighted by Crippen LogP contribution is 2.33. The van der Waals surface area contributed by atoms with Crippen LogP contribution < -0.4 is 9.46 Å². The van der Waals surface area contributed by atoms with Crippen LogP contribution in [-0.4, -0.2) is 14.5 Å². The number of sulfonamides is 1. The lowest BCUT2D eigenvalue weighted by Gasteiger charge is -2.11. The molecule has 0 aromatic heterocycles. The maximum atomic E-state index is 13.8. The molecular formula is C15H12BrF2NO3S. The second-order valence-corrected chi connectivity index (χ2v) is 7.79. The minimum absolute atomic E-state index is 0.00965. The first-order chi connectivity index (χ1) is 10.8. The minimum atomic E-state index is -4.01. The zero-order valence-corrected chi connectivity index (χ0v) is 14.3. The number of halogens is 3. The van der Waals surface area contributed by atoms with Gasteiger partial charge in [0.1, 0.15) is 17.7 Å². The highest BCUT2D eigenvalue weighted by Gasteiger charge is 2.24. The average molecular weight is 404 g/mol. The summed E-state index contributed by atoms with van der Waals surface area (Å²) in [5, 5.41) is 0. The summed E-state index contributed by atoms with van der Waals surface area (Å²) in [6, 6.07) is 6.05. The van der Waals surface area contributed by atoms with Crippen LogP contribution in [0.25, 0.3) is 0 Å². The van der Waals surface area contributed by atoms with Crippen LogP contribution in [0.1, 0.15) is 12.5 Å². The summed E-state index contributed by atoms with van der Waals surface area (Å²) in [5.41, 5.74) is 0.440. The van der Waals surface area contributed by atoms with Gasteiger partial charge in [-0.3, -0.25) is 4.72 Å². The maximum Gasteiger partial charge on any atom is 0.262 e. The lowest BCUT2D eigenvalue weighted by molar-refractivity contribution is 0.254. The lowest BCUT2D eigenvalue weighted by atomic mass is 10.1. The summed E-state index contributed by atoms with van der Waals surface area (Å²) in [6.07, 6.45) is 0.590. The third kappa shape index (κ3) is 3.18. The van der Waals surface area contributed by atoms with E-state index in [-0.39, 0.29) is 21.2 Å². The molecule has 4 nitrogen and oxygen atoms in total. The van der Waals surface area contributed by atoms with Gasteiger partial charge in [-0.2, -0.15) is 0 Å². The molecule has 2 aromatic carbocycles. The third-order valence-corrected chi connectivity index (χ3v) is 5.39. The average Bonchev–Trinajstić information content (AvgIpc) is 2.82. The Morgan fingerprint density at radius 3 is 2.70 bits per heavy atom. The van der Waals surface area contributed by atoms with Crippen LogP contribution in [0.3, 0.4) is 0 Å². The lowest BCUT2D eigenvalue weighted by Crippen LogP contribution is -2.14. The van der Waals surface area contributed by atoms with E-state index in [1.165, 1.54) is 12.1 Å². The smallest absolute Gasteiger partial charge is 0.262 e. The number of rotatable bonds is 3. The summed E-state index contributed by atoms with van der Waals surface area (Å²) < 4.78 is 59.4. The predicted octanol–water partition coefficient (Wildman–Crippen LogP) is 3.85. The highest BCUT2D eigenvalue weighted by atomic mass is 79.9. The Bertz CT molecular complexity index is 863. The van der Waals surface area contributed by atoms with E-state index in [2.05, 4.69) is 20.7 Å². The molecule has 1 aliphatic heterocycles. The number of hydrogen-bond acceptors (Lipinski definition) is 3. The molecule has 0 fully saturated rings. The Balaban J connectivity index is 1.96. The highest BCUT2D eigenvalue weighted by molar-refractivity contribution is 9.10. The number of ether oxygens (including phenoxy) is 1. The van der Waals surface area contributed by atoms with E-state index in [0.717, 1.165) is 11.6 Å². The Hall–Kier alpha value is -1.67. The molecule has 1 unspecified atom stereocenters. The topological polar surface area (TPSA) is 55.4 Å². The molecule has 3 rings (SSSR count). The molecule has 2 aromatic rings. The van der Waals surface area contributed by atoms with Gasteiger partial charge < -0.3 is 4.74 Å². The number of anilines is 1. The molecule has 1 heterocycles. The van der Waals surface area contributed by atoms with Crippen molar-refractivity contribution in [1.29, 1.82) is 0 Å². The van der Waals surface area contributed by atoms with Crippen molar-refractivity contribution in [2.45, 2.75) is 24.3 Å². The van der Waals surface area contributed by atoms with E-state index in [0.29, 0.717) is 18.2 Å². The Morgan fingerprint density at radius 1 is 1.26 bits per heavy atom. The zero-order chi connectivity index (χ0) is 16.8. The van der Waals surface area contributed by atoms with Crippen molar-refractivity contribution in [3.8, 4) is 5.75 Å². The normalized spacial score (nSPS) is 16.8. The monoisotopic (exact) mass is 403 g/mol. The van der Waals surface area contributed by atoms with Gasteiger partial charge >= 0.3 is 0 Å². The van der Waals surface area contributed by atoms with Crippen molar-refractivity contribution in [2.24, 2.45) is 0 Å². The zero-order valence-electron chi connectivity index (χ0n) is 11.9. The molecular weight excluding hydrogens is 392 g/mol. The van der Waals surface area contributed by atoms with Crippen LogP contribution in [0.5, 0.6) is 5.75 Å². The molecule has 0 aliphatic carbocycles. The standard InChI is InChI=1S/C15H12BrF2NO3S/c1-8-4-9-5-11(2-3-14(9)22-8)23(20,21)19-15-12(16)6-10(17)7-13(15)18/h2-3,5-8,19H,4H2,1H3. The fourth-order valence-corrected chi connectivity index (χ4v) is 4.18. The van der Waals surface area contributed by atoms with Crippen molar-refractivity contribution in [3.05, 3.63) is 52.0 Å². The maximum absolute atomic E-state index is 13.8. The van der Waals surface area contributed by atoms with Gasteiger partial charge in [0.2, 0.25) is 0 Å². The van der Waals surface area contributed by atoms with Crippen LogP contribution in [0.2, 0.25) is 0 Å². The van der Waals surface area contributed by atoms with Gasteiger partial charge in [-0.15, -0.1) is 0 Å². The molecule has 1 N–H and O–H groups in total. The number of fused-ring (bicyclic) bond motifs is 1. The Labute approximate surface area is 140 Å². The van der Waals surface area contributed by atoms with Gasteiger partial charge in [-0.25, -0.2) is 17.2 Å². The van der Waals surface area contributed by atoms with Gasteiger partial charge in [-0.05, 0) is 52.7 Å². The quantitative estimate of drug-likeness (QED) is 0.846. The van der Waals surface area contributed by atoms with Crippen molar-refractivity contribution < 1.29 is 21.9 Å². The molecule has 0 amide bonds. The van der Waals surface area contributed by atoms with Crippen molar-refractivity contribution in [3.63, 3.8) is 0 Å². The van der Waals surface area contributed by atoms with Gasteiger partial charge in [0, 0.05) is 17.0 Å². The molecule has 0 saturated carbocycles. The molecule has 1 atom stereocenters. The van der Waals surface area contributed by atoms with Gasteiger partial charge in [0.05, 0.1) is 10.6 Å². The summed E-state index contributed by atoms with van der Waals surface area (Å²) in [5.74, 6) is -1.16. The van der Waals surface area contributed by atoms with E-state index in [4.69, 9.17) is 4.74 Å². The second kappa shape index (κ2) is 5.76. The molecule has 0 radical (unpaired) electrons. The first kappa shape index (κ1) is 16.2. The van der Waals surface area contributed by atoms with Crippen molar-refractivity contribution in [2.75, 3.05) is 4.72 Å². The fourth-order valence-electron chi connectivity index (χ4n) is 2.40. The summed E-state index contributed by atoms with van der Waals surface area (Å²) in [4.78, 5) is -0.00965. The fraction of sp³-hybridized carbons (Fsp3) is 0.200. The summed E-state index contributed by atoms with van der Waals surface area (Å²) in [6.45, 7) is 1.89. The summed E-state index contributed by atoms with van der Waals surface area (Å²) in [7, 11) is -4.01. The predicted molar refractivity (Wildman–Crippen MR) is 85.1 cm³/mol. The molecule has 0 spiro atoms. The van der Waals surface area contributed by atoms with E-state index >= 15 is 0 Å². The van der Waals surface area contributed by atoms with E-state index in [1.54, 1.807) is 6.07 Å². The van der Waals surface area contributed by atoms with Crippen LogP contribution >= 0.6 is 15.9 Å². The number of nitrogens with one attached hydrogen (secondary N) is 1. The Morgan fingerprint density at radius 2 is 2.00 bits per heavy atom. The van der Waals surface area contributed by atoms with Crippen LogP contribution in [0.4, 0.5) is 14.5 Å². The first-order valence-corrected chi connectivity index (χ1v) is 9.01. The first-order valence-electron chi connectivity index (χ1n) is 6.73. The van der Waals surface area contributed by atoms with Crippen molar-refractivity contribution in [1.82, 2.24) is 0 Å². The number of benzene rings is 2. The van der Waals surface area contributed by atoms with E-state index in [1.807, 2.05) is 6.92 Å². The van der Waals surface area contributed by atoms with Gasteiger partial charge in [-0.1, -0.05) is 0 Å². The third-order valence-electron chi connectivity index (χ3n) is 3.42. The molecule has 0 bridgehead atoms. The molecule has 1 aliphatic rings. The van der Waals surface area contributed by atoms with Crippen LogP contribution in [0, 0.1) is 11.6 Å². The summed E-state index contributed by atoms with van der Waals surface area (Å²) >= 11 is 2.95. The molecule has 23 heavy (non-hydrogen) atoms. The largest absolute Gasteiger partial charge is 0.490 e. The van der Waals surface area contributed by atoms with Gasteiger partial charge in [0.15, 0.2) is 5.82 Å². The number of hydrogen-bond donors (Lipinski definition) is 1. The Kier molecular flexibility index (Phi) is 4.05. The molecule has 122 valence electrons. The van der Waals surface area contributed by atoms with Crippen molar-refractivity contribution >= 4 is 31.6 Å². The van der Waals surface area contributed by atoms with E-state index in [9.17, 15) is 17.2 Å². The SMILES string of the molecule is CC1Cc2cc(S(=O)(=O)Nc3c(F)cc(F)cc3Br)ccc2O1. The van der Waals surface area contributed by atoms with Crippen LogP contribution in [-0.2, 0) is 16.4 Å². The van der Waals surface area contributed by atoms with Crippen LogP contribution in [0.15, 0.2) is 39.7 Å². The molecule has 8 heteroatoms. The van der Waals surface area contributed by atoms with E-state index < -0.39 is 21.7 Å².